The molecule has 1 aromatic carbocycles. The molecule has 4 heteroatoms. The van der Waals surface area contributed by atoms with E-state index in [4.69, 9.17) is 5.26 Å². The molecule has 0 amide bonds. The normalized spacial score (nSPS) is 11.8. The largest absolute Gasteiger partial charge is 0.365 e. The fourth-order valence-corrected chi connectivity index (χ4v) is 2.39. The van der Waals surface area contributed by atoms with E-state index in [2.05, 4.69) is 11.4 Å². The summed E-state index contributed by atoms with van der Waals surface area (Å²) < 4.78 is 13.0. The molecular formula is C13H11FN2S. The molecule has 0 radical (unpaired) electrons. The monoisotopic (exact) mass is 246 g/mol. The number of rotatable bonds is 3. The summed E-state index contributed by atoms with van der Waals surface area (Å²) in [5.41, 5.74) is 0.614. The van der Waals surface area contributed by atoms with Gasteiger partial charge in [-0.25, -0.2) is 4.39 Å². The van der Waals surface area contributed by atoms with Gasteiger partial charge in [-0.3, -0.25) is 0 Å². The number of hydrogen-bond acceptors (Lipinski definition) is 3. The predicted octanol–water partition coefficient (Wildman–Crippen LogP) is 3.87. The first-order chi connectivity index (χ1) is 8.19. The standard InChI is InChI=1S/C13H11FN2S/c1-9-5-6-13(17-9)12(8-15)16-11-4-2-3-10(14)7-11/h2-7,12,16H,1H3. The fraction of sp³-hybridized carbons (Fsp3) is 0.154. The molecule has 1 aromatic heterocycles. The molecule has 2 aromatic rings. The molecule has 0 aliphatic heterocycles. The lowest BCUT2D eigenvalue weighted by molar-refractivity contribution is 0.628. The van der Waals surface area contributed by atoms with Gasteiger partial charge in [0.1, 0.15) is 11.9 Å². The van der Waals surface area contributed by atoms with Crippen LogP contribution in [0.4, 0.5) is 10.1 Å². The first-order valence-corrected chi connectivity index (χ1v) is 5.99. The molecule has 86 valence electrons. The van der Waals surface area contributed by atoms with Crippen molar-refractivity contribution < 1.29 is 4.39 Å². The van der Waals surface area contributed by atoms with Crippen molar-refractivity contribution >= 4 is 17.0 Å². The van der Waals surface area contributed by atoms with E-state index in [0.717, 1.165) is 9.75 Å². The second-order valence-electron chi connectivity index (χ2n) is 3.67. The minimum atomic E-state index is -0.435. The first-order valence-electron chi connectivity index (χ1n) is 5.17. The van der Waals surface area contributed by atoms with Gasteiger partial charge in [-0.05, 0) is 37.3 Å². The molecule has 0 saturated carbocycles. The van der Waals surface area contributed by atoms with Crippen molar-refractivity contribution in [1.82, 2.24) is 0 Å². The second-order valence-corrected chi connectivity index (χ2v) is 4.98. The lowest BCUT2D eigenvalue weighted by Gasteiger charge is -2.11. The second kappa shape index (κ2) is 4.98. The summed E-state index contributed by atoms with van der Waals surface area (Å²) in [7, 11) is 0. The third-order valence-electron chi connectivity index (χ3n) is 2.31. The van der Waals surface area contributed by atoms with Crippen molar-refractivity contribution in [2.75, 3.05) is 5.32 Å². The van der Waals surface area contributed by atoms with E-state index < -0.39 is 6.04 Å². The number of nitrogens with zero attached hydrogens (tertiary/aromatic N) is 1. The van der Waals surface area contributed by atoms with Crippen LogP contribution in [0.1, 0.15) is 15.8 Å². The number of nitriles is 1. The van der Waals surface area contributed by atoms with Crippen LogP contribution in [0.2, 0.25) is 0 Å². The van der Waals surface area contributed by atoms with Crippen LogP contribution in [-0.4, -0.2) is 0 Å². The van der Waals surface area contributed by atoms with Gasteiger partial charge >= 0.3 is 0 Å². The number of halogens is 1. The zero-order valence-electron chi connectivity index (χ0n) is 9.27. The zero-order valence-corrected chi connectivity index (χ0v) is 10.1. The van der Waals surface area contributed by atoms with Crippen LogP contribution >= 0.6 is 11.3 Å². The Balaban J connectivity index is 2.19. The summed E-state index contributed by atoms with van der Waals surface area (Å²) >= 11 is 1.57. The van der Waals surface area contributed by atoms with E-state index >= 15 is 0 Å². The molecule has 0 bridgehead atoms. The summed E-state index contributed by atoms with van der Waals surface area (Å²) in [5.74, 6) is -0.311. The Morgan fingerprint density at radius 2 is 2.18 bits per heavy atom. The Labute approximate surface area is 103 Å². The fourth-order valence-electron chi connectivity index (χ4n) is 1.52. The molecule has 1 N–H and O–H groups in total. The molecule has 0 aliphatic carbocycles. The molecule has 0 aliphatic rings. The Hall–Kier alpha value is -1.86. The molecule has 1 unspecified atom stereocenters. The first kappa shape index (κ1) is 11.6. The van der Waals surface area contributed by atoms with Gasteiger partial charge in [-0.15, -0.1) is 11.3 Å². The van der Waals surface area contributed by atoms with Crippen molar-refractivity contribution in [2.45, 2.75) is 13.0 Å². The van der Waals surface area contributed by atoms with Crippen LogP contribution in [0.25, 0.3) is 0 Å². The molecule has 0 saturated heterocycles. The summed E-state index contributed by atoms with van der Waals surface area (Å²) in [6, 6.07) is 11.7. The van der Waals surface area contributed by atoms with E-state index in [1.165, 1.54) is 12.1 Å². The van der Waals surface area contributed by atoms with Crippen LogP contribution < -0.4 is 5.32 Å². The van der Waals surface area contributed by atoms with Gasteiger partial charge in [0.05, 0.1) is 6.07 Å². The van der Waals surface area contributed by atoms with E-state index in [0.29, 0.717) is 5.69 Å². The molecule has 17 heavy (non-hydrogen) atoms. The number of anilines is 1. The Bertz CT molecular complexity index is 557. The zero-order chi connectivity index (χ0) is 12.3. The van der Waals surface area contributed by atoms with Gasteiger partial charge in [0.2, 0.25) is 0 Å². The number of benzene rings is 1. The van der Waals surface area contributed by atoms with Gasteiger partial charge < -0.3 is 5.32 Å². The molecule has 0 fully saturated rings. The molecule has 2 rings (SSSR count). The maximum absolute atomic E-state index is 13.0. The van der Waals surface area contributed by atoms with Crippen LogP contribution in [0.5, 0.6) is 0 Å². The number of hydrogen-bond donors (Lipinski definition) is 1. The Morgan fingerprint density at radius 1 is 1.35 bits per heavy atom. The van der Waals surface area contributed by atoms with Gasteiger partial charge in [0.15, 0.2) is 0 Å². The van der Waals surface area contributed by atoms with Crippen LogP contribution in [0, 0.1) is 24.1 Å². The number of thiophene rings is 1. The SMILES string of the molecule is Cc1ccc(C(C#N)Nc2cccc(F)c2)s1. The summed E-state index contributed by atoms with van der Waals surface area (Å²) in [5, 5.41) is 12.1. The topological polar surface area (TPSA) is 35.8 Å². The maximum Gasteiger partial charge on any atom is 0.149 e. The van der Waals surface area contributed by atoms with Crippen LogP contribution in [-0.2, 0) is 0 Å². The molecule has 0 spiro atoms. The molecular weight excluding hydrogens is 235 g/mol. The highest BCUT2D eigenvalue weighted by Crippen LogP contribution is 2.25. The third kappa shape index (κ3) is 2.83. The summed E-state index contributed by atoms with van der Waals surface area (Å²) in [4.78, 5) is 2.09. The van der Waals surface area contributed by atoms with Crippen LogP contribution in [0.15, 0.2) is 36.4 Å². The van der Waals surface area contributed by atoms with E-state index in [9.17, 15) is 4.39 Å². The minimum Gasteiger partial charge on any atom is -0.365 e. The number of aryl methyl sites for hydroxylation is 1. The summed E-state index contributed by atoms with van der Waals surface area (Å²) in [6.45, 7) is 1.99. The highest BCUT2D eigenvalue weighted by Gasteiger charge is 2.12. The van der Waals surface area contributed by atoms with Crippen molar-refractivity contribution in [3.63, 3.8) is 0 Å². The van der Waals surface area contributed by atoms with Gasteiger partial charge in [0, 0.05) is 15.4 Å². The molecule has 2 nitrogen and oxygen atoms in total. The maximum atomic E-state index is 13.0. The Kier molecular flexibility index (Phi) is 3.40. The van der Waals surface area contributed by atoms with Crippen molar-refractivity contribution in [3.8, 4) is 6.07 Å². The van der Waals surface area contributed by atoms with Crippen molar-refractivity contribution in [3.05, 3.63) is 52.0 Å². The summed E-state index contributed by atoms with van der Waals surface area (Å²) in [6.07, 6.45) is 0. The van der Waals surface area contributed by atoms with Crippen LogP contribution in [0.3, 0.4) is 0 Å². The predicted molar refractivity (Wildman–Crippen MR) is 67.4 cm³/mol. The number of nitrogens with one attached hydrogen (secondary N) is 1. The Morgan fingerprint density at radius 3 is 2.76 bits per heavy atom. The third-order valence-corrected chi connectivity index (χ3v) is 3.38. The van der Waals surface area contributed by atoms with Crippen molar-refractivity contribution in [2.24, 2.45) is 0 Å². The smallest absolute Gasteiger partial charge is 0.149 e. The lowest BCUT2D eigenvalue weighted by atomic mass is 10.2. The van der Waals surface area contributed by atoms with Gasteiger partial charge in [0.25, 0.3) is 0 Å². The van der Waals surface area contributed by atoms with E-state index in [1.54, 1.807) is 23.5 Å². The van der Waals surface area contributed by atoms with Crippen molar-refractivity contribution in [1.29, 1.82) is 5.26 Å². The quantitative estimate of drug-likeness (QED) is 0.892. The van der Waals surface area contributed by atoms with Gasteiger partial charge in [-0.2, -0.15) is 5.26 Å². The van der Waals surface area contributed by atoms with E-state index in [-0.39, 0.29) is 5.82 Å². The highest BCUT2D eigenvalue weighted by molar-refractivity contribution is 7.12. The lowest BCUT2D eigenvalue weighted by Crippen LogP contribution is -2.06. The average molecular weight is 246 g/mol. The average Bonchev–Trinajstić information content (AvgIpc) is 2.73. The molecule has 1 heterocycles. The van der Waals surface area contributed by atoms with E-state index in [1.807, 2.05) is 19.1 Å². The highest BCUT2D eigenvalue weighted by atomic mass is 32.1. The van der Waals surface area contributed by atoms with Gasteiger partial charge in [-0.1, -0.05) is 6.07 Å². The molecule has 1 atom stereocenters. The minimum absolute atomic E-state index is 0.311.